The summed E-state index contributed by atoms with van der Waals surface area (Å²) in [6.07, 6.45) is 1.64. The van der Waals surface area contributed by atoms with Gasteiger partial charge in [-0.2, -0.15) is 0 Å². The van der Waals surface area contributed by atoms with E-state index in [1.165, 1.54) is 30.6 Å². The topological polar surface area (TPSA) is 80.3 Å². The molecule has 0 aliphatic heterocycles. The van der Waals surface area contributed by atoms with Gasteiger partial charge in [0.15, 0.2) is 5.01 Å². The first kappa shape index (κ1) is 22.4. The summed E-state index contributed by atoms with van der Waals surface area (Å²) in [5.74, 6) is -1.25. The lowest BCUT2D eigenvalue weighted by Gasteiger charge is -2.18. The van der Waals surface area contributed by atoms with Crippen LogP contribution in [0.4, 0.5) is 10.1 Å². The standard InChI is InChI=1S/C23H24FN3O3S/c1-14(2)20(23(29)30-3)27-21(28)22-26-13-19(31-22)16-6-10-18(11-7-16)25-12-15-4-8-17(24)9-5-15/h4-11,13-14,20,25H,12H2,1-3H3,(H,27,28). The molecule has 1 amide bonds. The van der Waals surface area contributed by atoms with Crippen molar-refractivity contribution in [2.75, 3.05) is 12.4 Å². The molecule has 0 aliphatic rings. The number of hydrogen-bond donors (Lipinski definition) is 2. The number of nitrogens with one attached hydrogen (secondary N) is 2. The monoisotopic (exact) mass is 441 g/mol. The molecule has 2 aromatic carbocycles. The van der Waals surface area contributed by atoms with Crippen LogP contribution in [0.5, 0.6) is 0 Å². The summed E-state index contributed by atoms with van der Waals surface area (Å²) >= 11 is 1.25. The number of methoxy groups -OCH3 is 1. The van der Waals surface area contributed by atoms with Crippen LogP contribution in [0.1, 0.15) is 29.2 Å². The van der Waals surface area contributed by atoms with E-state index >= 15 is 0 Å². The van der Waals surface area contributed by atoms with Crippen molar-refractivity contribution in [1.29, 1.82) is 0 Å². The molecule has 31 heavy (non-hydrogen) atoms. The summed E-state index contributed by atoms with van der Waals surface area (Å²) in [5, 5.41) is 6.26. The first-order valence-electron chi connectivity index (χ1n) is 9.80. The van der Waals surface area contributed by atoms with Crippen LogP contribution in [0.2, 0.25) is 0 Å². The first-order valence-corrected chi connectivity index (χ1v) is 10.6. The second kappa shape index (κ2) is 10.2. The fourth-order valence-corrected chi connectivity index (χ4v) is 3.72. The van der Waals surface area contributed by atoms with E-state index < -0.39 is 17.9 Å². The number of amides is 1. The zero-order valence-corrected chi connectivity index (χ0v) is 18.3. The van der Waals surface area contributed by atoms with Gasteiger partial charge in [-0.15, -0.1) is 11.3 Å². The Morgan fingerprint density at radius 1 is 1.10 bits per heavy atom. The number of hydrogen-bond acceptors (Lipinski definition) is 6. The van der Waals surface area contributed by atoms with Crippen LogP contribution in [0.25, 0.3) is 10.4 Å². The number of carbonyl (C=O) groups is 2. The molecule has 0 saturated carbocycles. The summed E-state index contributed by atoms with van der Waals surface area (Å²) in [5.41, 5.74) is 2.83. The van der Waals surface area contributed by atoms with Crippen LogP contribution >= 0.6 is 11.3 Å². The van der Waals surface area contributed by atoms with Gasteiger partial charge in [-0.05, 0) is 41.3 Å². The Kier molecular flexibility index (Phi) is 7.36. The lowest BCUT2D eigenvalue weighted by Crippen LogP contribution is -2.44. The number of thiazole rings is 1. The highest BCUT2D eigenvalue weighted by molar-refractivity contribution is 7.17. The van der Waals surface area contributed by atoms with Crippen molar-refractivity contribution in [2.45, 2.75) is 26.4 Å². The van der Waals surface area contributed by atoms with E-state index in [0.717, 1.165) is 21.7 Å². The summed E-state index contributed by atoms with van der Waals surface area (Å²) in [4.78, 5) is 29.4. The molecule has 1 heterocycles. The molecule has 3 aromatic rings. The van der Waals surface area contributed by atoms with Gasteiger partial charge in [-0.1, -0.05) is 38.1 Å². The van der Waals surface area contributed by atoms with Crippen molar-refractivity contribution in [2.24, 2.45) is 5.92 Å². The minimum atomic E-state index is -0.726. The highest BCUT2D eigenvalue weighted by Gasteiger charge is 2.26. The van der Waals surface area contributed by atoms with E-state index in [2.05, 4.69) is 15.6 Å². The Bertz CT molecular complexity index is 1030. The number of aromatic nitrogens is 1. The third-order valence-corrected chi connectivity index (χ3v) is 5.73. The average Bonchev–Trinajstić information content (AvgIpc) is 3.27. The van der Waals surface area contributed by atoms with E-state index in [0.29, 0.717) is 6.54 Å². The molecule has 2 N–H and O–H groups in total. The molecule has 6 nitrogen and oxygen atoms in total. The van der Waals surface area contributed by atoms with Gasteiger partial charge in [0.1, 0.15) is 11.9 Å². The third-order valence-electron chi connectivity index (χ3n) is 4.69. The summed E-state index contributed by atoms with van der Waals surface area (Å²) in [7, 11) is 1.30. The lowest BCUT2D eigenvalue weighted by molar-refractivity contribution is -0.144. The predicted octanol–water partition coefficient (Wildman–Crippen LogP) is 4.49. The molecule has 1 unspecified atom stereocenters. The minimum absolute atomic E-state index is 0.106. The third kappa shape index (κ3) is 5.88. The second-order valence-electron chi connectivity index (χ2n) is 7.31. The maximum absolute atomic E-state index is 13.0. The lowest BCUT2D eigenvalue weighted by atomic mass is 10.0. The molecule has 8 heteroatoms. The number of ether oxygens (including phenoxy) is 1. The van der Waals surface area contributed by atoms with Crippen molar-refractivity contribution < 1.29 is 18.7 Å². The highest BCUT2D eigenvalue weighted by atomic mass is 32.1. The van der Waals surface area contributed by atoms with Crippen molar-refractivity contribution in [3.05, 3.63) is 71.1 Å². The van der Waals surface area contributed by atoms with E-state index in [4.69, 9.17) is 4.74 Å². The Morgan fingerprint density at radius 2 is 1.77 bits per heavy atom. The summed E-state index contributed by atoms with van der Waals surface area (Å²) in [6.45, 7) is 4.25. The van der Waals surface area contributed by atoms with E-state index in [-0.39, 0.29) is 16.7 Å². The minimum Gasteiger partial charge on any atom is -0.467 e. The zero-order valence-electron chi connectivity index (χ0n) is 17.5. The van der Waals surface area contributed by atoms with Gasteiger partial charge >= 0.3 is 5.97 Å². The van der Waals surface area contributed by atoms with E-state index in [1.807, 2.05) is 38.1 Å². The molecular weight excluding hydrogens is 417 g/mol. The number of nitrogens with zero attached hydrogens (tertiary/aromatic N) is 1. The number of anilines is 1. The number of esters is 1. The van der Waals surface area contributed by atoms with Crippen molar-refractivity contribution in [3.63, 3.8) is 0 Å². The number of carbonyl (C=O) groups excluding carboxylic acids is 2. The molecule has 0 saturated heterocycles. The van der Waals surface area contributed by atoms with Crippen LogP contribution in [0.3, 0.4) is 0 Å². The van der Waals surface area contributed by atoms with Crippen LogP contribution in [-0.4, -0.2) is 30.0 Å². The maximum atomic E-state index is 13.0. The van der Waals surface area contributed by atoms with Crippen molar-refractivity contribution in [1.82, 2.24) is 10.3 Å². The average molecular weight is 442 g/mol. The van der Waals surface area contributed by atoms with Crippen LogP contribution in [0, 0.1) is 11.7 Å². The smallest absolute Gasteiger partial charge is 0.328 e. The molecular formula is C23H24FN3O3S. The molecule has 0 bridgehead atoms. The maximum Gasteiger partial charge on any atom is 0.328 e. The van der Waals surface area contributed by atoms with E-state index in [9.17, 15) is 14.0 Å². The zero-order chi connectivity index (χ0) is 22.4. The van der Waals surface area contributed by atoms with Gasteiger partial charge in [0.05, 0.1) is 12.0 Å². The Balaban J connectivity index is 1.63. The van der Waals surface area contributed by atoms with Crippen LogP contribution in [-0.2, 0) is 16.1 Å². The number of rotatable bonds is 8. The fourth-order valence-electron chi connectivity index (χ4n) is 2.90. The van der Waals surface area contributed by atoms with Gasteiger partial charge in [0.25, 0.3) is 5.91 Å². The van der Waals surface area contributed by atoms with Crippen molar-refractivity contribution >= 4 is 28.9 Å². The van der Waals surface area contributed by atoms with Gasteiger partial charge < -0.3 is 15.4 Å². The van der Waals surface area contributed by atoms with Crippen LogP contribution < -0.4 is 10.6 Å². The molecule has 0 radical (unpaired) electrons. The Morgan fingerprint density at radius 3 is 2.39 bits per heavy atom. The van der Waals surface area contributed by atoms with E-state index in [1.54, 1.807) is 18.3 Å². The number of benzene rings is 2. The largest absolute Gasteiger partial charge is 0.467 e. The normalized spacial score (nSPS) is 11.8. The number of halogens is 1. The highest BCUT2D eigenvalue weighted by Crippen LogP contribution is 2.27. The second-order valence-corrected chi connectivity index (χ2v) is 8.34. The van der Waals surface area contributed by atoms with Crippen molar-refractivity contribution in [3.8, 4) is 10.4 Å². The molecule has 0 fully saturated rings. The van der Waals surface area contributed by atoms with Gasteiger partial charge in [0, 0.05) is 18.4 Å². The molecule has 1 atom stereocenters. The Labute approximate surface area is 184 Å². The van der Waals surface area contributed by atoms with Gasteiger partial charge in [0.2, 0.25) is 0 Å². The first-order chi connectivity index (χ1) is 14.9. The quantitative estimate of drug-likeness (QED) is 0.504. The van der Waals surface area contributed by atoms with Gasteiger partial charge in [-0.3, -0.25) is 4.79 Å². The van der Waals surface area contributed by atoms with Crippen LogP contribution in [0.15, 0.2) is 54.7 Å². The predicted molar refractivity (Wildman–Crippen MR) is 119 cm³/mol. The molecule has 162 valence electrons. The molecule has 1 aromatic heterocycles. The summed E-state index contributed by atoms with van der Waals surface area (Å²) in [6, 6.07) is 13.4. The van der Waals surface area contributed by atoms with Gasteiger partial charge in [-0.25, -0.2) is 14.2 Å². The summed E-state index contributed by atoms with van der Waals surface area (Å²) < 4.78 is 17.7. The molecule has 3 rings (SSSR count). The fraction of sp³-hybridized carbons (Fsp3) is 0.261. The SMILES string of the molecule is COC(=O)C(NC(=O)c1ncc(-c2ccc(NCc3ccc(F)cc3)cc2)s1)C(C)C. The molecule has 0 aliphatic carbocycles. The molecule has 0 spiro atoms. The Hall–Kier alpha value is -3.26.